The molecule has 0 bridgehead atoms. The summed E-state index contributed by atoms with van der Waals surface area (Å²) in [6.07, 6.45) is -10.0. The van der Waals surface area contributed by atoms with Crippen LogP contribution in [0.15, 0.2) is 41.2 Å². The lowest BCUT2D eigenvalue weighted by atomic mass is 9.98. The van der Waals surface area contributed by atoms with Gasteiger partial charge in [-0.2, -0.15) is 26.3 Å². The fraction of sp³-hybridized carbons (Fsp3) is 0.111. The van der Waals surface area contributed by atoms with Gasteiger partial charge in [-0.3, -0.25) is 4.79 Å². The second-order valence-electron chi connectivity index (χ2n) is 5.92. The molecule has 0 aliphatic rings. The van der Waals surface area contributed by atoms with Crippen molar-refractivity contribution in [1.29, 1.82) is 0 Å². The Morgan fingerprint density at radius 2 is 1.41 bits per heavy atom. The second-order valence-corrected chi connectivity index (χ2v) is 6.95. The van der Waals surface area contributed by atoms with Crippen LogP contribution in [0.5, 0.6) is 5.06 Å². The molecule has 0 amide bonds. The van der Waals surface area contributed by atoms with Gasteiger partial charge in [-0.25, -0.2) is 4.79 Å². The minimum absolute atomic E-state index is 0.000899. The largest absolute Gasteiger partial charge is 0.499 e. The van der Waals surface area contributed by atoms with Crippen molar-refractivity contribution >= 4 is 27.4 Å². The molecular formula is C18H8F6O4S. The lowest BCUT2D eigenvalue weighted by Crippen LogP contribution is -2.14. The highest BCUT2D eigenvalue weighted by molar-refractivity contribution is 7.20. The third kappa shape index (κ3) is 3.90. The minimum atomic E-state index is -5.02. The molecule has 2 N–H and O–H groups in total. The Bertz CT molecular complexity index is 1160. The third-order valence-electron chi connectivity index (χ3n) is 4.01. The Hall–Kier alpha value is -3.08. The summed E-state index contributed by atoms with van der Waals surface area (Å²) in [6.45, 7) is 0. The molecule has 0 radical (unpaired) electrons. The van der Waals surface area contributed by atoms with Crippen LogP contribution in [0.4, 0.5) is 26.3 Å². The molecule has 1 heterocycles. The molecule has 1 aromatic heterocycles. The molecule has 4 nitrogen and oxygen atoms in total. The van der Waals surface area contributed by atoms with Crippen LogP contribution in [0.1, 0.15) is 21.5 Å². The predicted molar refractivity (Wildman–Crippen MR) is 92.2 cm³/mol. The molecule has 2 aromatic carbocycles. The van der Waals surface area contributed by atoms with Gasteiger partial charge in [0.25, 0.3) is 0 Å². The first-order valence-corrected chi connectivity index (χ1v) is 8.43. The maximum Gasteiger partial charge on any atom is 0.416 e. The molecule has 0 aliphatic carbocycles. The van der Waals surface area contributed by atoms with E-state index in [9.17, 15) is 41.0 Å². The van der Waals surface area contributed by atoms with Crippen LogP contribution >= 0.6 is 11.3 Å². The summed E-state index contributed by atoms with van der Waals surface area (Å²) >= 11 is 0.469. The maximum absolute atomic E-state index is 13.0. The van der Waals surface area contributed by atoms with E-state index < -0.39 is 51.1 Å². The van der Waals surface area contributed by atoms with E-state index in [2.05, 4.69) is 0 Å². The highest BCUT2D eigenvalue weighted by Gasteiger charge is 2.37. The molecule has 0 saturated heterocycles. The summed E-state index contributed by atoms with van der Waals surface area (Å²) in [4.78, 5) is 23.2. The molecular weight excluding hydrogens is 426 g/mol. The van der Waals surface area contributed by atoms with Crippen molar-refractivity contribution in [2.45, 2.75) is 12.4 Å². The molecule has 0 atom stereocenters. The zero-order valence-electron chi connectivity index (χ0n) is 13.9. The Labute approximate surface area is 161 Å². The fourth-order valence-corrected chi connectivity index (χ4v) is 3.62. The summed E-state index contributed by atoms with van der Waals surface area (Å²) in [5.41, 5.74) is -5.37. The SMILES string of the molecule is O=C(O)c1c(O)sc2cc(-c3cc(C(F)(F)F)cc(C(F)(F)F)c3)ccc2c1=O. The molecule has 0 aliphatic heterocycles. The summed E-state index contributed by atoms with van der Waals surface area (Å²) in [5.74, 6) is -1.66. The molecule has 3 aromatic rings. The predicted octanol–water partition coefficient (Wildman–Crippen LogP) is 5.37. The van der Waals surface area contributed by atoms with E-state index in [0.717, 1.165) is 18.2 Å². The number of carboxylic acid groups (broad SMARTS) is 1. The Balaban J connectivity index is 2.27. The average Bonchev–Trinajstić information content (AvgIpc) is 2.59. The fourth-order valence-electron chi connectivity index (χ4n) is 2.67. The Morgan fingerprint density at radius 3 is 1.90 bits per heavy atom. The van der Waals surface area contributed by atoms with Crippen LogP contribution < -0.4 is 5.43 Å². The van der Waals surface area contributed by atoms with Gasteiger partial charge in [0, 0.05) is 10.1 Å². The monoisotopic (exact) mass is 434 g/mol. The minimum Gasteiger partial charge on any atom is -0.499 e. The van der Waals surface area contributed by atoms with E-state index in [0.29, 0.717) is 23.5 Å². The van der Waals surface area contributed by atoms with E-state index in [1.807, 2.05) is 0 Å². The summed E-state index contributed by atoms with van der Waals surface area (Å²) in [6, 6.07) is 4.36. The molecule has 3 rings (SSSR count). The average molecular weight is 434 g/mol. The smallest absolute Gasteiger partial charge is 0.416 e. The number of hydrogen-bond donors (Lipinski definition) is 2. The van der Waals surface area contributed by atoms with Gasteiger partial charge in [0.2, 0.25) is 5.43 Å². The zero-order chi connectivity index (χ0) is 21.7. The van der Waals surface area contributed by atoms with Crippen molar-refractivity contribution in [2.75, 3.05) is 0 Å². The molecule has 29 heavy (non-hydrogen) atoms. The molecule has 0 saturated carbocycles. The van der Waals surface area contributed by atoms with Crippen molar-refractivity contribution in [2.24, 2.45) is 0 Å². The number of aromatic carboxylic acids is 1. The summed E-state index contributed by atoms with van der Waals surface area (Å²) < 4.78 is 78.2. The molecule has 152 valence electrons. The number of rotatable bonds is 2. The summed E-state index contributed by atoms with van der Waals surface area (Å²) in [7, 11) is 0. The van der Waals surface area contributed by atoms with E-state index in [1.165, 1.54) is 0 Å². The number of aromatic hydroxyl groups is 1. The van der Waals surface area contributed by atoms with Crippen LogP contribution in [0.2, 0.25) is 0 Å². The van der Waals surface area contributed by atoms with Crippen LogP contribution in [0, 0.1) is 0 Å². The van der Waals surface area contributed by atoms with Crippen LogP contribution in [0.3, 0.4) is 0 Å². The number of hydrogen-bond acceptors (Lipinski definition) is 4. The lowest BCUT2D eigenvalue weighted by molar-refractivity contribution is -0.143. The first-order valence-electron chi connectivity index (χ1n) is 7.62. The van der Waals surface area contributed by atoms with Crippen molar-refractivity contribution in [3.8, 4) is 16.2 Å². The van der Waals surface area contributed by atoms with Crippen molar-refractivity contribution in [1.82, 2.24) is 0 Å². The number of halogens is 6. The van der Waals surface area contributed by atoms with Gasteiger partial charge in [-0.05, 0) is 41.5 Å². The van der Waals surface area contributed by atoms with Gasteiger partial charge in [-0.15, -0.1) is 0 Å². The number of benzene rings is 2. The van der Waals surface area contributed by atoms with Crippen molar-refractivity contribution < 1.29 is 41.4 Å². The van der Waals surface area contributed by atoms with Crippen LogP contribution in [-0.4, -0.2) is 16.2 Å². The van der Waals surface area contributed by atoms with E-state index >= 15 is 0 Å². The Kier molecular flexibility index (Phi) is 4.81. The van der Waals surface area contributed by atoms with Gasteiger partial charge in [0.1, 0.15) is 0 Å². The molecule has 0 unspecified atom stereocenters. The number of fused-ring (bicyclic) bond motifs is 1. The Morgan fingerprint density at radius 1 is 0.862 bits per heavy atom. The summed E-state index contributed by atoms with van der Waals surface area (Å²) in [5, 5.41) is 17.8. The third-order valence-corrected chi connectivity index (χ3v) is 4.96. The molecule has 11 heteroatoms. The number of alkyl halides is 6. The van der Waals surface area contributed by atoms with E-state index in [1.54, 1.807) is 0 Å². The van der Waals surface area contributed by atoms with Crippen LogP contribution in [0.25, 0.3) is 21.2 Å². The standard InChI is InChI=1S/C18H8F6O4S/c19-17(20,21)9-3-8(4-10(6-9)18(22,23)24)7-1-2-11-12(5-7)29-16(28)13(14(11)25)15(26)27/h1-6,28H,(H,26,27). The van der Waals surface area contributed by atoms with Gasteiger partial charge in [0.15, 0.2) is 10.6 Å². The lowest BCUT2D eigenvalue weighted by Gasteiger charge is -2.14. The number of carboxylic acids is 1. The molecule has 0 spiro atoms. The quantitative estimate of drug-likeness (QED) is 0.532. The highest BCUT2D eigenvalue weighted by Crippen LogP contribution is 2.39. The molecule has 0 fully saturated rings. The van der Waals surface area contributed by atoms with Gasteiger partial charge >= 0.3 is 18.3 Å². The first-order chi connectivity index (χ1) is 13.3. The maximum atomic E-state index is 13.0. The van der Waals surface area contributed by atoms with Gasteiger partial charge < -0.3 is 10.2 Å². The second kappa shape index (κ2) is 6.76. The van der Waals surface area contributed by atoms with Crippen molar-refractivity contribution in [3.05, 3.63) is 63.3 Å². The van der Waals surface area contributed by atoms with Gasteiger partial charge in [-0.1, -0.05) is 17.4 Å². The van der Waals surface area contributed by atoms with Crippen molar-refractivity contribution in [3.63, 3.8) is 0 Å². The van der Waals surface area contributed by atoms with E-state index in [-0.39, 0.29) is 21.7 Å². The van der Waals surface area contributed by atoms with Crippen LogP contribution in [-0.2, 0) is 12.4 Å². The van der Waals surface area contributed by atoms with E-state index in [4.69, 9.17) is 5.11 Å². The highest BCUT2D eigenvalue weighted by atomic mass is 32.1. The van der Waals surface area contributed by atoms with Gasteiger partial charge in [0.05, 0.1) is 11.1 Å². The zero-order valence-corrected chi connectivity index (χ0v) is 14.7. The number of carbonyl (C=O) groups is 1. The normalized spacial score (nSPS) is 12.3. The topological polar surface area (TPSA) is 74.6 Å². The first kappa shape index (κ1) is 20.6.